The molecule has 0 atom stereocenters. The SMILES string of the molecule is COc1sc(-c2ccc(N(C)C)cc2)cc1C1=C(c2cc(-c3ccc(N(C)C)cc3)sc2OC)C(F)(F)C(F)(F)C1(F)F. The number of hydrogen-bond donors (Lipinski definition) is 0. The van der Waals surface area contributed by atoms with Crippen molar-refractivity contribution in [2.24, 2.45) is 0 Å². The van der Waals surface area contributed by atoms with Gasteiger partial charge in [0.15, 0.2) is 10.1 Å². The first kappa shape index (κ1) is 30.8. The Kier molecular flexibility index (Phi) is 7.75. The largest absolute Gasteiger partial charge is 0.487 e. The fraction of sp³-hybridized carbons (Fsp3) is 0.290. The molecule has 228 valence electrons. The highest BCUT2D eigenvalue weighted by atomic mass is 32.1. The summed E-state index contributed by atoms with van der Waals surface area (Å²) in [6, 6.07) is 16.5. The summed E-state index contributed by atoms with van der Waals surface area (Å²) in [6.45, 7) is 0. The molecule has 2 aromatic carbocycles. The second-order valence-electron chi connectivity index (χ2n) is 10.4. The fourth-order valence-corrected chi connectivity index (χ4v) is 6.93. The highest BCUT2D eigenvalue weighted by Gasteiger charge is 2.80. The molecule has 0 saturated carbocycles. The van der Waals surface area contributed by atoms with Gasteiger partial charge in [0, 0.05) is 71.6 Å². The molecule has 1 aliphatic rings. The molecular formula is C31H28F6N2O2S2. The van der Waals surface area contributed by atoms with Crippen molar-refractivity contribution in [1.29, 1.82) is 0 Å². The van der Waals surface area contributed by atoms with Crippen LogP contribution in [0.25, 0.3) is 32.0 Å². The van der Waals surface area contributed by atoms with E-state index in [0.717, 1.165) is 34.0 Å². The first-order valence-electron chi connectivity index (χ1n) is 13.0. The van der Waals surface area contributed by atoms with E-state index < -0.39 is 40.0 Å². The topological polar surface area (TPSA) is 24.9 Å². The zero-order valence-electron chi connectivity index (χ0n) is 24.1. The first-order chi connectivity index (χ1) is 20.1. The van der Waals surface area contributed by atoms with Crippen LogP contribution in [0.2, 0.25) is 0 Å². The van der Waals surface area contributed by atoms with Gasteiger partial charge in [0.2, 0.25) is 0 Å². The molecule has 0 spiro atoms. The molecule has 1 aliphatic carbocycles. The van der Waals surface area contributed by atoms with Gasteiger partial charge in [-0.15, -0.1) is 0 Å². The Morgan fingerprint density at radius 2 is 0.884 bits per heavy atom. The number of halogens is 6. The molecule has 0 unspecified atom stereocenters. The van der Waals surface area contributed by atoms with E-state index in [4.69, 9.17) is 9.47 Å². The van der Waals surface area contributed by atoms with Gasteiger partial charge >= 0.3 is 17.8 Å². The van der Waals surface area contributed by atoms with Gasteiger partial charge in [0.05, 0.1) is 14.2 Å². The second kappa shape index (κ2) is 10.8. The molecule has 4 nitrogen and oxygen atoms in total. The summed E-state index contributed by atoms with van der Waals surface area (Å²) in [5, 5.41) is -0.387. The van der Waals surface area contributed by atoms with Crippen LogP contribution in [0.4, 0.5) is 37.7 Å². The smallest absolute Gasteiger partial charge is 0.380 e. The summed E-state index contributed by atoms with van der Waals surface area (Å²) in [4.78, 5) is 4.50. The van der Waals surface area contributed by atoms with E-state index in [0.29, 0.717) is 20.9 Å². The van der Waals surface area contributed by atoms with Crippen molar-refractivity contribution in [2.75, 3.05) is 52.2 Å². The van der Waals surface area contributed by atoms with Crippen molar-refractivity contribution in [3.8, 4) is 31.0 Å². The summed E-state index contributed by atoms with van der Waals surface area (Å²) in [5.74, 6) is -16.2. The highest BCUT2D eigenvalue weighted by Crippen LogP contribution is 2.67. The maximum Gasteiger partial charge on any atom is 0.380 e. The minimum atomic E-state index is -5.72. The van der Waals surface area contributed by atoms with E-state index in [1.807, 2.05) is 38.0 Å². The van der Waals surface area contributed by atoms with Crippen LogP contribution < -0.4 is 19.3 Å². The standard InChI is InChI=1S/C31H28F6N2O2S2/c1-38(2)19-11-7-17(8-12-19)23-15-21(27(40-5)42-23)25-26(30(34,35)31(36,37)29(25,32)33)22-16-24(43-28(22)41-6)18-9-13-20(14-10-18)39(3)4/h7-16H,1-6H3. The van der Waals surface area contributed by atoms with E-state index in [9.17, 15) is 0 Å². The lowest BCUT2D eigenvalue weighted by Crippen LogP contribution is -2.48. The number of benzene rings is 2. The molecule has 2 aromatic heterocycles. The van der Waals surface area contributed by atoms with Gasteiger partial charge in [-0.2, -0.15) is 26.3 Å². The minimum absolute atomic E-state index is 0.193. The number of methoxy groups -OCH3 is 2. The van der Waals surface area contributed by atoms with E-state index in [2.05, 4.69) is 0 Å². The molecule has 0 saturated heterocycles. The van der Waals surface area contributed by atoms with Gasteiger partial charge < -0.3 is 19.3 Å². The Balaban J connectivity index is 1.74. The molecule has 12 heteroatoms. The third kappa shape index (κ3) is 4.84. The predicted molar refractivity (Wildman–Crippen MR) is 163 cm³/mol. The number of thiophene rings is 2. The summed E-state index contributed by atoms with van der Waals surface area (Å²) in [6.07, 6.45) is 0. The van der Waals surface area contributed by atoms with Crippen LogP contribution in [0.3, 0.4) is 0 Å². The number of hydrogen-bond acceptors (Lipinski definition) is 6. The van der Waals surface area contributed by atoms with E-state index in [1.54, 1.807) is 48.5 Å². The Labute approximate surface area is 253 Å². The van der Waals surface area contributed by atoms with Crippen LogP contribution in [0, 0.1) is 0 Å². The van der Waals surface area contributed by atoms with E-state index >= 15 is 26.3 Å². The molecule has 0 fully saturated rings. The second-order valence-corrected chi connectivity index (χ2v) is 12.4. The van der Waals surface area contributed by atoms with E-state index in [-0.39, 0.29) is 10.1 Å². The van der Waals surface area contributed by atoms with Crippen LogP contribution in [-0.4, -0.2) is 60.2 Å². The maximum absolute atomic E-state index is 15.7. The van der Waals surface area contributed by atoms with Gasteiger partial charge in [0.1, 0.15) is 0 Å². The normalized spacial score (nSPS) is 16.8. The van der Waals surface area contributed by atoms with Crippen molar-refractivity contribution >= 4 is 45.2 Å². The zero-order valence-corrected chi connectivity index (χ0v) is 25.7. The Bertz CT molecular complexity index is 1550. The summed E-state index contributed by atoms with van der Waals surface area (Å²) in [7, 11) is 9.75. The van der Waals surface area contributed by atoms with Gasteiger partial charge in [-0.25, -0.2) is 0 Å². The zero-order chi connectivity index (χ0) is 31.5. The average molecular weight is 639 g/mol. The summed E-state index contributed by atoms with van der Waals surface area (Å²) < 4.78 is 104. The summed E-state index contributed by atoms with van der Waals surface area (Å²) >= 11 is 1.80. The maximum atomic E-state index is 15.7. The molecule has 5 rings (SSSR count). The van der Waals surface area contributed by atoms with Crippen molar-refractivity contribution in [1.82, 2.24) is 0 Å². The quantitative estimate of drug-likeness (QED) is 0.180. The number of anilines is 2. The molecule has 0 radical (unpaired) electrons. The molecular weight excluding hydrogens is 610 g/mol. The van der Waals surface area contributed by atoms with E-state index in [1.165, 1.54) is 26.4 Å². The molecule has 43 heavy (non-hydrogen) atoms. The number of nitrogens with zero attached hydrogens (tertiary/aromatic N) is 2. The lowest BCUT2D eigenvalue weighted by molar-refractivity contribution is -0.254. The lowest BCUT2D eigenvalue weighted by Gasteiger charge is -2.25. The van der Waals surface area contributed by atoms with Crippen molar-refractivity contribution in [3.63, 3.8) is 0 Å². The van der Waals surface area contributed by atoms with Crippen molar-refractivity contribution in [2.45, 2.75) is 17.8 Å². The number of allylic oxidation sites excluding steroid dienone is 2. The van der Waals surface area contributed by atoms with Crippen molar-refractivity contribution < 1.29 is 35.8 Å². The third-order valence-corrected chi connectivity index (χ3v) is 9.60. The number of alkyl halides is 6. The Morgan fingerprint density at radius 3 is 1.16 bits per heavy atom. The Hall–Kier alpha value is -3.64. The minimum Gasteiger partial charge on any atom is -0.487 e. The summed E-state index contributed by atoms with van der Waals surface area (Å²) in [5.41, 5.74) is -1.12. The number of ether oxygens (including phenoxy) is 2. The van der Waals surface area contributed by atoms with Crippen LogP contribution in [0.1, 0.15) is 11.1 Å². The van der Waals surface area contributed by atoms with Crippen molar-refractivity contribution in [3.05, 3.63) is 71.8 Å². The molecule has 0 N–H and O–H groups in total. The Morgan fingerprint density at radius 1 is 0.558 bits per heavy atom. The number of rotatable bonds is 8. The van der Waals surface area contributed by atoms with Crippen LogP contribution >= 0.6 is 22.7 Å². The highest BCUT2D eigenvalue weighted by molar-refractivity contribution is 7.18. The van der Waals surface area contributed by atoms with Gasteiger partial charge in [0.25, 0.3) is 0 Å². The third-order valence-electron chi connectivity index (χ3n) is 7.31. The predicted octanol–water partition coefficient (Wildman–Crippen LogP) is 9.12. The van der Waals surface area contributed by atoms with Gasteiger partial charge in [-0.1, -0.05) is 46.9 Å². The van der Waals surface area contributed by atoms with Gasteiger partial charge in [-0.3, -0.25) is 0 Å². The van der Waals surface area contributed by atoms with Gasteiger partial charge in [-0.05, 0) is 47.5 Å². The lowest BCUT2D eigenvalue weighted by atomic mass is 9.96. The first-order valence-corrected chi connectivity index (χ1v) is 14.6. The molecule has 0 aliphatic heterocycles. The molecule has 0 bridgehead atoms. The van der Waals surface area contributed by atoms with Crippen LogP contribution in [-0.2, 0) is 0 Å². The van der Waals surface area contributed by atoms with Crippen LogP contribution in [0.15, 0.2) is 60.7 Å². The van der Waals surface area contributed by atoms with Crippen LogP contribution in [0.5, 0.6) is 10.1 Å². The molecule has 4 aromatic rings. The average Bonchev–Trinajstić information content (AvgIpc) is 3.61. The fourth-order valence-electron chi connectivity index (χ4n) is 4.97. The molecule has 2 heterocycles. The molecule has 0 amide bonds. The monoisotopic (exact) mass is 638 g/mol.